The second kappa shape index (κ2) is 5.19. The van der Waals surface area contributed by atoms with Crippen molar-refractivity contribution in [2.75, 3.05) is 12.3 Å². The van der Waals surface area contributed by atoms with Crippen molar-refractivity contribution in [3.63, 3.8) is 0 Å². The van der Waals surface area contributed by atoms with Crippen LogP contribution in [0, 0.1) is 5.92 Å². The van der Waals surface area contributed by atoms with Gasteiger partial charge in [-0.05, 0) is 43.9 Å². The Kier molecular flexibility index (Phi) is 3.81. The summed E-state index contributed by atoms with van der Waals surface area (Å²) in [5.41, 5.74) is 6.83. The molecule has 2 atom stereocenters. The van der Waals surface area contributed by atoms with Gasteiger partial charge in [-0.1, -0.05) is 18.5 Å². The summed E-state index contributed by atoms with van der Waals surface area (Å²) in [6.45, 7) is 5.11. The van der Waals surface area contributed by atoms with Crippen molar-refractivity contribution in [2.45, 2.75) is 32.7 Å². The Morgan fingerprint density at radius 3 is 2.78 bits per heavy atom. The highest BCUT2D eigenvalue weighted by molar-refractivity contribution is 6.33. The molecular weight excluding hydrogens is 248 g/mol. The Balaban J connectivity index is 2.21. The van der Waals surface area contributed by atoms with Crippen molar-refractivity contribution in [1.29, 1.82) is 0 Å². The van der Waals surface area contributed by atoms with E-state index >= 15 is 0 Å². The summed E-state index contributed by atoms with van der Waals surface area (Å²) in [5.74, 6) is 0.618. The molecule has 1 aliphatic rings. The van der Waals surface area contributed by atoms with Crippen LogP contribution in [0.4, 0.5) is 5.69 Å². The van der Waals surface area contributed by atoms with Crippen molar-refractivity contribution >= 4 is 23.2 Å². The Hall–Kier alpha value is -1.22. The molecule has 3 nitrogen and oxygen atoms in total. The van der Waals surface area contributed by atoms with E-state index in [1.165, 1.54) is 6.42 Å². The molecule has 0 saturated carbocycles. The van der Waals surface area contributed by atoms with E-state index in [1.807, 2.05) is 4.90 Å². The number of hydrogen-bond donors (Lipinski definition) is 1. The van der Waals surface area contributed by atoms with E-state index in [0.29, 0.717) is 28.2 Å². The van der Waals surface area contributed by atoms with Crippen molar-refractivity contribution in [2.24, 2.45) is 5.92 Å². The number of halogens is 1. The second-order valence-corrected chi connectivity index (χ2v) is 5.63. The Labute approximate surface area is 113 Å². The third-order valence-electron chi connectivity index (χ3n) is 3.62. The van der Waals surface area contributed by atoms with E-state index in [2.05, 4.69) is 13.8 Å². The first-order valence-corrected chi connectivity index (χ1v) is 6.73. The molecule has 0 spiro atoms. The SMILES string of the molecule is CC1CCC(C)N(C(=O)c2ccc(Cl)c(N)c2)C1. The van der Waals surface area contributed by atoms with Crippen molar-refractivity contribution < 1.29 is 4.79 Å². The number of nitrogens with zero attached hydrogens (tertiary/aromatic N) is 1. The highest BCUT2D eigenvalue weighted by Crippen LogP contribution is 2.25. The predicted octanol–water partition coefficient (Wildman–Crippen LogP) is 3.18. The van der Waals surface area contributed by atoms with E-state index in [1.54, 1.807) is 18.2 Å². The molecule has 18 heavy (non-hydrogen) atoms. The molecule has 1 amide bonds. The molecule has 1 heterocycles. The minimum Gasteiger partial charge on any atom is -0.398 e. The third-order valence-corrected chi connectivity index (χ3v) is 3.97. The number of rotatable bonds is 1. The van der Waals surface area contributed by atoms with Crippen LogP contribution >= 0.6 is 11.6 Å². The first kappa shape index (κ1) is 13.2. The van der Waals surface area contributed by atoms with Crippen molar-refractivity contribution in [1.82, 2.24) is 4.90 Å². The van der Waals surface area contributed by atoms with Crippen LogP contribution < -0.4 is 5.73 Å². The zero-order valence-electron chi connectivity index (χ0n) is 10.8. The fraction of sp³-hybridized carbons (Fsp3) is 0.500. The number of likely N-dealkylation sites (tertiary alicyclic amines) is 1. The van der Waals surface area contributed by atoms with Crippen LogP contribution in [-0.4, -0.2) is 23.4 Å². The van der Waals surface area contributed by atoms with Crippen LogP contribution in [0.15, 0.2) is 18.2 Å². The summed E-state index contributed by atoms with van der Waals surface area (Å²) in [6.07, 6.45) is 2.25. The lowest BCUT2D eigenvalue weighted by molar-refractivity contribution is 0.0574. The minimum absolute atomic E-state index is 0.0532. The molecule has 1 aliphatic heterocycles. The number of benzene rings is 1. The van der Waals surface area contributed by atoms with Gasteiger partial charge in [0.2, 0.25) is 0 Å². The molecule has 2 rings (SSSR count). The Morgan fingerprint density at radius 1 is 1.39 bits per heavy atom. The van der Waals surface area contributed by atoms with Crippen LogP contribution in [0.5, 0.6) is 0 Å². The van der Waals surface area contributed by atoms with Gasteiger partial charge in [0.1, 0.15) is 0 Å². The van der Waals surface area contributed by atoms with Gasteiger partial charge in [0.15, 0.2) is 0 Å². The summed E-state index contributed by atoms with van der Waals surface area (Å²) in [5, 5.41) is 0.492. The van der Waals surface area contributed by atoms with Gasteiger partial charge >= 0.3 is 0 Å². The van der Waals surface area contributed by atoms with Gasteiger partial charge in [-0.25, -0.2) is 0 Å². The number of amides is 1. The van der Waals surface area contributed by atoms with E-state index in [-0.39, 0.29) is 5.91 Å². The fourth-order valence-corrected chi connectivity index (χ4v) is 2.53. The highest BCUT2D eigenvalue weighted by Gasteiger charge is 2.27. The molecule has 1 aromatic rings. The molecule has 0 aromatic heterocycles. The topological polar surface area (TPSA) is 46.3 Å². The van der Waals surface area contributed by atoms with E-state index in [0.717, 1.165) is 13.0 Å². The summed E-state index contributed by atoms with van der Waals surface area (Å²) in [6, 6.07) is 5.39. The lowest BCUT2D eigenvalue weighted by Gasteiger charge is -2.37. The van der Waals surface area contributed by atoms with Crippen LogP contribution in [0.1, 0.15) is 37.0 Å². The van der Waals surface area contributed by atoms with Gasteiger partial charge in [0.05, 0.1) is 10.7 Å². The third kappa shape index (κ3) is 2.61. The molecule has 4 heteroatoms. The maximum absolute atomic E-state index is 12.4. The second-order valence-electron chi connectivity index (χ2n) is 5.23. The van der Waals surface area contributed by atoms with Crippen LogP contribution in [0.3, 0.4) is 0 Å². The maximum Gasteiger partial charge on any atom is 0.254 e. The lowest BCUT2D eigenvalue weighted by atomic mass is 9.94. The van der Waals surface area contributed by atoms with Crippen LogP contribution in [-0.2, 0) is 0 Å². The normalized spacial score (nSPS) is 24.1. The van der Waals surface area contributed by atoms with Gasteiger partial charge in [-0.2, -0.15) is 0 Å². The lowest BCUT2D eigenvalue weighted by Crippen LogP contribution is -2.44. The quantitative estimate of drug-likeness (QED) is 0.794. The zero-order valence-corrected chi connectivity index (χ0v) is 11.6. The Bertz CT molecular complexity index is 461. The first-order chi connectivity index (χ1) is 8.49. The predicted molar refractivity (Wildman–Crippen MR) is 74.8 cm³/mol. The van der Waals surface area contributed by atoms with Gasteiger partial charge in [0, 0.05) is 18.2 Å². The zero-order chi connectivity index (χ0) is 13.3. The summed E-state index contributed by atoms with van der Waals surface area (Å²) < 4.78 is 0. The maximum atomic E-state index is 12.4. The molecule has 2 N–H and O–H groups in total. The number of hydrogen-bond acceptors (Lipinski definition) is 2. The number of nitrogen functional groups attached to an aromatic ring is 1. The molecule has 98 valence electrons. The molecule has 1 fully saturated rings. The van der Waals surface area contributed by atoms with Crippen molar-refractivity contribution in [3.8, 4) is 0 Å². The number of nitrogens with two attached hydrogens (primary N) is 1. The molecule has 1 saturated heterocycles. The monoisotopic (exact) mass is 266 g/mol. The molecule has 0 aliphatic carbocycles. The highest BCUT2D eigenvalue weighted by atomic mass is 35.5. The smallest absolute Gasteiger partial charge is 0.254 e. The number of anilines is 1. The molecular formula is C14H19ClN2O. The molecule has 2 unspecified atom stereocenters. The van der Waals surface area contributed by atoms with Crippen LogP contribution in [0.25, 0.3) is 0 Å². The first-order valence-electron chi connectivity index (χ1n) is 6.35. The summed E-state index contributed by atoms with van der Waals surface area (Å²) in [4.78, 5) is 14.4. The average Bonchev–Trinajstić information content (AvgIpc) is 2.35. The van der Waals surface area contributed by atoms with Crippen LogP contribution in [0.2, 0.25) is 5.02 Å². The average molecular weight is 267 g/mol. The Morgan fingerprint density at radius 2 is 2.11 bits per heavy atom. The molecule has 1 aromatic carbocycles. The number of carbonyl (C=O) groups is 1. The van der Waals surface area contributed by atoms with Gasteiger partial charge < -0.3 is 10.6 Å². The standard InChI is InChI=1S/C14H19ClN2O/c1-9-3-4-10(2)17(8-9)14(18)11-5-6-12(15)13(16)7-11/h5-7,9-10H,3-4,8,16H2,1-2H3. The van der Waals surface area contributed by atoms with E-state index in [4.69, 9.17) is 17.3 Å². The summed E-state index contributed by atoms with van der Waals surface area (Å²) in [7, 11) is 0. The molecule has 0 radical (unpaired) electrons. The fourth-order valence-electron chi connectivity index (χ4n) is 2.41. The van der Waals surface area contributed by atoms with Gasteiger partial charge in [0.25, 0.3) is 5.91 Å². The van der Waals surface area contributed by atoms with E-state index < -0.39 is 0 Å². The number of carbonyl (C=O) groups excluding carboxylic acids is 1. The van der Waals surface area contributed by atoms with Gasteiger partial charge in [-0.3, -0.25) is 4.79 Å². The molecule has 0 bridgehead atoms. The summed E-state index contributed by atoms with van der Waals surface area (Å²) >= 11 is 5.87. The van der Waals surface area contributed by atoms with E-state index in [9.17, 15) is 4.79 Å². The van der Waals surface area contributed by atoms with Gasteiger partial charge in [-0.15, -0.1) is 0 Å². The largest absolute Gasteiger partial charge is 0.398 e. The van der Waals surface area contributed by atoms with Crippen molar-refractivity contribution in [3.05, 3.63) is 28.8 Å². The number of piperidine rings is 1. The minimum atomic E-state index is 0.0532.